The van der Waals surface area contributed by atoms with Crippen molar-refractivity contribution in [1.29, 1.82) is 0 Å². The lowest BCUT2D eigenvalue weighted by Gasteiger charge is -2.25. The van der Waals surface area contributed by atoms with Crippen LogP contribution < -0.4 is 11.1 Å². The number of fused-ring (bicyclic) bond motifs is 1. The van der Waals surface area contributed by atoms with E-state index in [0.29, 0.717) is 11.4 Å². The summed E-state index contributed by atoms with van der Waals surface area (Å²) in [6.45, 7) is 0. The summed E-state index contributed by atoms with van der Waals surface area (Å²) < 4.78 is 0. The van der Waals surface area contributed by atoms with E-state index < -0.39 is 0 Å². The number of nitrogens with two attached hydrogens (primary N) is 1. The predicted molar refractivity (Wildman–Crippen MR) is 108 cm³/mol. The highest BCUT2D eigenvalue weighted by Crippen LogP contribution is 2.27. The summed E-state index contributed by atoms with van der Waals surface area (Å²) >= 11 is 0. The van der Waals surface area contributed by atoms with Crippen molar-refractivity contribution in [2.24, 2.45) is 10.7 Å². The first-order valence-electron chi connectivity index (χ1n) is 8.88. The number of nitrogens with zero attached hydrogens (tertiary/aromatic N) is 3. The van der Waals surface area contributed by atoms with Crippen molar-refractivity contribution >= 4 is 34.4 Å². The Labute approximate surface area is 161 Å². The van der Waals surface area contributed by atoms with Crippen LogP contribution in [0.15, 0.2) is 65.7 Å². The van der Waals surface area contributed by atoms with Gasteiger partial charge in [0.25, 0.3) is 5.91 Å². The lowest BCUT2D eigenvalue weighted by atomic mass is 10.0. The Morgan fingerprint density at radius 2 is 1.96 bits per heavy atom. The number of aliphatic imine (C=N–C) groups is 1. The highest BCUT2D eigenvalue weighted by molar-refractivity contribution is 6.04. The normalized spacial score (nSPS) is 16.8. The van der Waals surface area contributed by atoms with Gasteiger partial charge in [0.05, 0.1) is 18.0 Å². The minimum atomic E-state index is -0.362. The predicted octanol–water partition coefficient (Wildman–Crippen LogP) is 2.71. The molecule has 1 unspecified atom stereocenters. The third-order valence-corrected chi connectivity index (χ3v) is 4.73. The molecule has 0 saturated heterocycles. The van der Waals surface area contributed by atoms with E-state index in [4.69, 9.17) is 5.73 Å². The van der Waals surface area contributed by atoms with E-state index in [1.807, 2.05) is 42.5 Å². The molecule has 28 heavy (non-hydrogen) atoms. The van der Waals surface area contributed by atoms with Gasteiger partial charge in [-0.15, -0.1) is 0 Å². The summed E-state index contributed by atoms with van der Waals surface area (Å²) in [5.74, 6) is -0.200. The zero-order valence-electron chi connectivity index (χ0n) is 15.3. The number of carbonyl (C=O) groups is 2. The number of nitrogens with one attached hydrogen (secondary N) is 1. The molecule has 7 heteroatoms. The lowest BCUT2D eigenvalue weighted by molar-refractivity contribution is -0.127. The average molecular weight is 373 g/mol. The van der Waals surface area contributed by atoms with E-state index in [2.05, 4.69) is 15.3 Å². The molecule has 0 saturated carbocycles. The number of guanidine groups is 1. The number of pyridine rings is 1. The lowest BCUT2D eigenvalue weighted by Crippen LogP contribution is -2.42. The van der Waals surface area contributed by atoms with Gasteiger partial charge in [0, 0.05) is 18.1 Å². The molecule has 1 atom stereocenters. The standard InChI is InChI=1S/C21H19N5O2/c1-26-19(27)12-18(25-21(26)22)14-6-4-7-15(11-14)23-20(28)17-10-9-13-5-2-3-8-16(13)24-17/h2-11,18H,12H2,1H3,(H2,22,25)(H,23,28). The number of para-hydroxylation sites is 1. The Morgan fingerprint density at radius 3 is 2.79 bits per heavy atom. The van der Waals surface area contributed by atoms with Crippen molar-refractivity contribution < 1.29 is 9.59 Å². The van der Waals surface area contributed by atoms with Crippen LogP contribution in [0.4, 0.5) is 5.69 Å². The second kappa shape index (κ2) is 7.11. The van der Waals surface area contributed by atoms with Gasteiger partial charge < -0.3 is 11.1 Å². The van der Waals surface area contributed by atoms with E-state index in [-0.39, 0.29) is 30.2 Å². The Morgan fingerprint density at radius 1 is 1.14 bits per heavy atom. The second-order valence-corrected chi connectivity index (χ2v) is 6.63. The summed E-state index contributed by atoms with van der Waals surface area (Å²) in [6, 6.07) is 18.1. The quantitative estimate of drug-likeness (QED) is 0.737. The van der Waals surface area contributed by atoms with Gasteiger partial charge in [-0.05, 0) is 29.8 Å². The van der Waals surface area contributed by atoms with Gasteiger partial charge in [0.2, 0.25) is 5.91 Å². The van der Waals surface area contributed by atoms with Crippen LogP contribution in [0.1, 0.15) is 28.5 Å². The largest absolute Gasteiger partial charge is 0.369 e. The van der Waals surface area contributed by atoms with E-state index in [9.17, 15) is 9.59 Å². The summed E-state index contributed by atoms with van der Waals surface area (Å²) in [4.78, 5) is 34.8. The molecule has 0 spiro atoms. The van der Waals surface area contributed by atoms with Crippen LogP contribution in [-0.4, -0.2) is 34.7 Å². The highest BCUT2D eigenvalue weighted by atomic mass is 16.2. The summed E-state index contributed by atoms with van der Waals surface area (Å²) in [6.07, 6.45) is 0.237. The number of benzene rings is 2. The van der Waals surface area contributed by atoms with Crippen molar-refractivity contribution in [1.82, 2.24) is 9.88 Å². The molecule has 0 bridgehead atoms. The molecule has 4 rings (SSSR count). The molecule has 2 heterocycles. The maximum absolute atomic E-state index is 12.6. The first-order valence-corrected chi connectivity index (χ1v) is 8.88. The summed E-state index contributed by atoms with van der Waals surface area (Å²) in [5, 5.41) is 3.83. The van der Waals surface area contributed by atoms with Crippen LogP contribution in [0.5, 0.6) is 0 Å². The van der Waals surface area contributed by atoms with Crippen molar-refractivity contribution in [3.05, 3.63) is 71.9 Å². The van der Waals surface area contributed by atoms with E-state index in [1.54, 1.807) is 25.2 Å². The molecule has 1 aliphatic rings. The minimum Gasteiger partial charge on any atom is -0.369 e. The molecular formula is C21H19N5O2. The molecule has 0 aliphatic carbocycles. The number of carbonyl (C=O) groups excluding carboxylic acids is 2. The van der Waals surface area contributed by atoms with Crippen LogP contribution in [0.25, 0.3) is 10.9 Å². The van der Waals surface area contributed by atoms with Crippen molar-refractivity contribution in [3.8, 4) is 0 Å². The van der Waals surface area contributed by atoms with E-state index >= 15 is 0 Å². The Bertz CT molecular complexity index is 1110. The van der Waals surface area contributed by atoms with Crippen molar-refractivity contribution in [3.63, 3.8) is 0 Å². The van der Waals surface area contributed by atoms with Crippen LogP contribution in [0.3, 0.4) is 0 Å². The fraction of sp³-hybridized carbons (Fsp3) is 0.143. The van der Waals surface area contributed by atoms with Gasteiger partial charge in [0.15, 0.2) is 5.96 Å². The number of aromatic nitrogens is 1. The topological polar surface area (TPSA) is 101 Å². The second-order valence-electron chi connectivity index (χ2n) is 6.63. The monoisotopic (exact) mass is 373 g/mol. The molecule has 2 aromatic carbocycles. The Hall–Kier alpha value is -3.74. The molecular weight excluding hydrogens is 354 g/mol. The summed E-state index contributed by atoms with van der Waals surface area (Å²) in [7, 11) is 1.60. The molecule has 1 aromatic heterocycles. The van der Waals surface area contributed by atoms with Crippen LogP contribution >= 0.6 is 0 Å². The first kappa shape index (κ1) is 17.7. The molecule has 0 fully saturated rings. The Balaban J connectivity index is 1.56. The molecule has 140 valence electrons. The van der Waals surface area contributed by atoms with Gasteiger partial charge in [-0.3, -0.25) is 14.5 Å². The fourth-order valence-corrected chi connectivity index (χ4v) is 3.13. The highest BCUT2D eigenvalue weighted by Gasteiger charge is 2.25. The van der Waals surface area contributed by atoms with Gasteiger partial charge >= 0.3 is 0 Å². The maximum Gasteiger partial charge on any atom is 0.274 e. The minimum absolute atomic E-state index is 0.0905. The maximum atomic E-state index is 12.6. The molecule has 3 N–H and O–H groups in total. The van der Waals surface area contributed by atoms with Crippen LogP contribution in [-0.2, 0) is 4.79 Å². The molecule has 3 aromatic rings. The summed E-state index contributed by atoms with van der Waals surface area (Å²) in [5.41, 5.74) is 8.33. The fourth-order valence-electron chi connectivity index (χ4n) is 3.13. The van der Waals surface area contributed by atoms with Gasteiger partial charge in [0.1, 0.15) is 5.69 Å². The van der Waals surface area contributed by atoms with Crippen LogP contribution in [0, 0.1) is 0 Å². The zero-order chi connectivity index (χ0) is 19.7. The third kappa shape index (κ3) is 3.42. The van der Waals surface area contributed by atoms with Crippen LogP contribution in [0.2, 0.25) is 0 Å². The smallest absolute Gasteiger partial charge is 0.274 e. The van der Waals surface area contributed by atoms with E-state index in [0.717, 1.165) is 16.5 Å². The third-order valence-electron chi connectivity index (χ3n) is 4.73. The van der Waals surface area contributed by atoms with Gasteiger partial charge in [-0.2, -0.15) is 0 Å². The van der Waals surface area contributed by atoms with Gasteiger partial charge in [-0.25, -0.2) is 9.98 Å². The number of rotatable bonds is 3. The number of amides is 2. The first-order chi connectivity index (χ1) is 13.5. The van der Waals surface area contributed by atoms with Crippen molar-refractivity contribution in [2.45, 2.75) is 12.5 Å². The zero-order valence-corrected chi connectivity index (χ0v) is 15.3. The molecule has 1 aliphatic heterocycles. The number of hydrogen-bond donors (Lipinski definition) is 2. The average Bonchev–Trinajstić information content (AvgIpc) is 2.71. The molecule has 2 amide bonds. The molecule has 7 nitrogen and oxygen atoms in total. The van der Waals surface area contributed by atoms with Gasteiger partial charge in [-0.1, -0.05) is 36.4 Å². The number of anilines is 1. The SMILES string of the molecule is CN1C(=O)CC(c2cccc(NC(=O)c3ccc4ccccc4n3)c2)N=C1N. The number of hydrogen-bond acceptors (Lipinski definition) is 5. The Kier molecular flexibility index (Phi) is 4.49. The molecule has 0 radical (unpaired) electrons. The van der Waals surface area contributed by atoms with Crippen molar-refractivity contribution in [2.75, 3.05) is 12.4 Å². The van der Waals surface area contributed by atoms with E-state index in [1.165, 1.54) is 4.90 Å².